The van der Waals surface area contributed by atoms with E-state index in [9.17, 15) is 13.2 Å². The summed E-state index contributed by atoms with van der Waals surface area (Å²) >= 11 is 0. The van der Waals surface area contributed by atoms with Crippen LogP contribution >= 0.6 is 0 Å². The third kappa shape index (κ3) is 3.29. The highest BCUT2D eigenvalue weighted by Crippen LogP contribution is 2.36. The fourth-order valence-corrected chi connectivity index (χ4v) is 4.03. The topological polar surface area (TPSA) is 66.9 Å². The van der Waals surface area contributed by atoms with Gasteiger partial charge in [-0.25, -0.2) is 8.42 Å². The predicted octanol–water partition coefficient (Wildman–Crippen LogP) is 1.53. The quantitative estimate of drug-likeness (QED) is 0.820. The minimum Gasteiger partial charge on any atom is -0.476 e. The molecule has 0 spiro atoms. The Morgan fingerprint density at radius 3 is 2.57 bits per heavy atom. The van der Waals surface area contributed by atoms with Crippen LogP contribution in [0.3, 0.4) is 0 Å². The van der Waals surface area contributed by atoms with Crippen LogP contribution in [0.5, 0.6) is 5.75 Å². The van der Waals surface area contributed by atoms with Gasteiger partial charge in [-0.15, -0.1) is 0 Å². The highest BCUT2D eigenvalue weighted by atomic mass is 32.2. The molecular formula is C16H22N2O4S. The standard InChI is InChI=1S/C16H22N2O4S/c1-12-6-7-14-13(10-12)18(23(2,20)21)11-15(22-14)16(19)17-8-4-3-5-9-17/h6-7,10,15H,3-5,8-9,11H2,1-2H3. The summed E-state index contributed by atoms with van der Waals surface area (Å²) in [4.78, 5) is 14.5. The molecule has 7 heteroatoms. The average molecular weight is 338 g/mol. The van der Waals surface area contributed by atoms with Crippen molar-refractivity contribution < 1.29 is 17.9 Å². The van der Waals surface area contributed by atoms with E-state index < -0.39 is 16.1 Å². The van der Waals surface area contributed by atoms with Crippen LogP contribution in [0.4, 0.5) is 5.69 Å². The fourth-order valence-electron chi connectivity index (χ4n) is 3.12. The van der Waals surface area contributed by atoms with Gasteiger partial charge in [0.05, 0.1) is 18.5 Å². The zero-order valence-corrected chi connectivity index (χ0v) is 14.3. The molecule has 1 unspecified atom stereocenters. The molecular weight excluding hydrogens is 316 g/mol. The second-order valence-electron chi connectivity index (χ2n) is 6.26. The Hall–Kier alpha value is -1.76. The van der Waals surface area contributed by atoms with Gasteiger partial charge in [-0.2, -0.15) is 0 Å². The molecule has 1 aromatic rings. The SMILES string of the molecule is Cc1ccc2c(c1)N(S(C)(=O)=O)CC(C(=O)N1CCCCC1)O2. The van der Waals surface area contributed by atoms with Crippen molar-refractivity contribution >= 4 is 21.6 Å². The summed E-state index contributed by atoms with van der Waals surface area (Å²) in [6, 6.07) is 5.36. The van der Waals surface area contributed by atoms with Crippen molar-refractivity contribution in [2.45, 2.75) is 32.3 Å². The van der Waals surface area contributed by atoms with Crippen molar-refractivity contribution in [2.24, 2.45) is 0 Å². The van der Waals surface area contributed by atoms with E-state index in [2.05, 4.69) is 0 Å². The van der Waals surface area contributed by atoms with Crippen molar-refractivity contribution in [2.75, 3.05) is 30.2 Å². The molecule has 0 aliphatic carbocycles. The van der Waals surface area contributed by atoms with Crippen molar-refractivity contribution in [3.05, 3.63) is 23.8 Å². The number of sulfonamides is 1. The van der Waals surface area contributed by atoms with Crippen LogP contribution in [-0.2, 0) is 14.8 Å². The van der Waals surface area contributed by atoms with Gasteiger partial charge in [0.25, 0.3) is 5.91 Å². The summed E-state index contributed by atoms with van der Waals surface area (Å²) in [5.74, 6) is 0.326. The minimum atomic E-state index is -3.47. The normalized spacial score (nSPS) is 21.6. The van der Waals surface area contributed by atoms with Crippen LogP contribution in [0.1, 0.15) is 24.8 Å². The number of nitrogens with zero attached hydrogens (tertiary/aromatic N) is 2. The Balaban J connectivity index is 1.91. The Morgan fingerprint density at radius 1 is 1.22 bits per heavy atom. The molecule has 1 aromatic carbocycles. The first kappa shape index (κ1) is 16.1. The van der Waals surface area contributed by atoms with Gasteiger partial charge >= 0.3 is 0 Å². The third-order valence-corrected chi connectivity index (χ3v) is 5.47. The average Bonchev–Trinajstić information content (AvgIpc) is 2.53. The van der Waals surface area contributed by atoms with E-state index in [0.717, 1.165) is 44.2 Å². The zero-order chi connectivity index (χ0) is 16.6. The molecule has 0 bridgehead atoms. The highest BCUT2D eigenvalue weighted by Gasteiger charge is 2.37. The largest absolute Gasteiger partial charge is 0.476 e. The summed E-state index contributed by atoms with van der Waals surface area (Å²) in [5, 5.41) is 0. The maximum absolute atomic E-state index is 12.7. The number of amides is 1. The Bertz CT molecular complexity index is 711. The summed E-state index contributed by atoms with van der Waals surface area (Å²) in [6.07, 6.45) is 3.49. The predicted molar refractivity (Wildman–Crippen MR) is 88.2 cm³/mol. The number of hydrogen-bond acceptors (Lipinski definition) is 4. The molecule has 0 N–H and O–H groups in total. The molecule has 126 valence electrons. The lowest BCUT2D eigenvalue weighted by Gasteiger charge is -2.37. The fraction of sp³-hybridized carbons (Fsp3) is 0.562. The lowest BCUT2D eigenvalue weighted by atomic mass is 10.1. The highest BCUT2D eigenvalue weighted by molar-refractivity contribution is 7.92. The first-order chi connectivity index (χ1) is 10.9. The van der Waals surface area contributed by atoms with Crippen LogP contribution < -0.4 is 9.04 Å². The van der Waals surface area contributed by atoms with Gasteiger partial charge in [0.1, 0.15) is 5.75 Å². The number of carbonyl (C=O) groups excluding carboxylic acids is 1. The van der Waals surface area contributed by atoms with E-state index in [1.807, 2.05) is 13.0 Å². The second kappa shape index (κ2) is 6.03. The molecule has 2 aliphatic rings. The Morgan fingerprint density at radius 2 is 1.91 bits per heavy atom. The molecule has 6 nitrogen and oxygen atoms in total. The molecule has 0 radical (unpaired) electrons. The summed E-state index contributed by atoms with van der Waals surface area (Å²) in [6.45, 7) is 3.37. The van der Waals surface area contributed by atoms with E-state index in [0.29, 0.717) is 11.4 Å². The zero-order valence-electron chi connectivity index (χ0n) is 13.5. The van der Waals surface area contributed by atoms with Crippen LogP contribution in [0, 0.1) is 6.92 Å². The number of anilines is 1. The number of carbonyl (C=O) groups is 1. The minimum absolute atomic E-state index is 0.0324. The van der Waals surface area contributed by atoms with Crippen LogP contribution in [-0.4, -0.2) is 51.2 Å². The van der Waals surface area contributed by atoms with E-state index in [1.165, 1.54) is 4.31 Å². The molecule has 0 aromatic heterocycles. The van der Waals surface area contributed by atoms with Crippen LogP contribution in [0.2, 0.25) is 0 Å². The van der Waals surface area contributed by atoms with Gasteiger partial charge in [-0.1, -0.05) is 6.07 Å². The number of hydrogen-bond donors (Lipinski definition) is 0. The lowest BCUT2D eigenvalue weighted by molar-refractivity contribution is -0.139. The van der Waals surface area contributed by atoms with E-state index >= 15 is 0 Å². The monoisotopic (exact) mass is 338 g/mol. The van der Waals surface area contributed by atoms with Crippen molar-refractivity contribution in [1.29, 1.82) is 0 Å². The Labute approximate surface area is 137 Å². The second-order valence-corrected chi connectivity index (χ2v) is 8.16. The van der Waals surface area contributed by atoms with Crippen molar-refractivity contribution in [1.82, 2.24) is 4.90 Å². The maximum Gasteiger partial charge on any atom is 0.265 e. The first-order valence-electron chi connectivity index (χ1n) is 7.90. The van der Waals surface area contributed by atoms with E-state index in [4.69, 9.17) is 4.74 Å². The number of benzene rings is 1. The summed E-state index contributed by atoms with van der Waals surface area (Å²) in [7, 11) is -3.47. The van der Waals surface area contributed by atoms with E-state index in [1.54, 1.807) is 17.0 Å². The molecule has 1 fully saturated rings. The van der Waals surface area contributed by atoms with Crippen molar-refractivity contribution in [3.8, 4) is 5.75 Å². The molecule has 1 saturated heterocycles. The number of rotatable bonds is 2. The number of ether oxygens (including phenoxy) is 1. The van der Waals surface area contributed by atoms with Gasteiger partial charge in [0.15, 0.2) is 6.10 Å². The van der Waals surface area contributed by atoms with Crippen LogP contribution in [0.25, 0.3) is 0 Å². The third-order valence-electron chi connectivity index (χ3n) is 4.33. The Kier molecular flexibility index (Phi) is 4.23. The number of likely N-dealkylation sites (tertiary alicyclic amines) is 1. The molecule has 2 aliphatic heterocycles. The smallest absolute Gasteiger partial charge is 0.265 e. The van der Waals surface area contributed by atoms with E-state index in [-0.39, 0.29) is 12.5 Å². The molecule has 0 saturated carbocycles. The molecule has 1 atom stereocenters. The first-order valence-corrected chi connectivity index (χ1v) is 9.75. The van der Waals surface area contributed by atoms with Gasteiger partial charge in [-0.3, -0.25) is 9.10 Å². The summed E-state index contributed by atoms with van der Waals surface area (Å²) in [5.41, 5.74) is 1.46. The number of piperidine rings is 1. The van der Waals surface area contributed by atoms with Gasteiger partial charge in [0, 0.05) is 13.1 Å². The number of aryl methyl sites for hydroxylation is 1. The molecule has 23 heavy (non-hydrogen) atoms. The molecule has 2 heterocycles. The lowest BCUT2D eigenvalue weighted by Crippen LogP contribution is -2.52. The molecule has 1 amide bonds. The van der Waals surface area contributed by atoms with Gasteiger partial charge < -0.3 is 9.64 Å². The maximum atomic E-state index is 12.7. The van der Waals surface area contributed by atoms with Crippen LogP contribution in [0.15, 0.2) is 18.2 Å². The number of fused-ring (bicyclic) bond motifs is 1. The van der Waals surface area contributed by atoms with Gasteiger partial charge in [-0.05, 0) is 43.9 Å². The summed E-state index contributed by atoms with van der Waals surface area (Å²) < 4.78 is 31.4. The molecule has 3 rings (SSSR count). The van der Waals surface area contributed by atoms with Crippen molar-refractivity contribution in [3.63, 3.8) is 0 Å². The van der Waals surface area contributed by atoms with Gasteiger partial charge in [0.2, 0.25) is 10.0 Å².